The van der Waals surface area contributed by atoms with Gasteiger partial charge in [-0.25, -0.2) is 0 Å². The number of nitrogens with one attached hydrogen (secondary N) is 2. The Morgan fingerprint density at radius 3 is 2.79 bits per heavy atom. The predicted molar refractivity (Wildman–Crippen MR) is 96.0 cm³/mol. The first-order valence-electron chi connectivity index (χ1n) is 7.88. The number of anilines is 2. The minimum Gasteiger partial charge on any atom is -0.495 e. The number of para-hydroxylation sites is 2. The summed E-state index contributed by atoms with van der Waals surface area (Å²) in [6.45, 7) is 1.58. The van der Waals surface area contributed by atoms with Gasteiger partial charge in [0.1, 0.15) is 5.75 Å². The molecule has 128 valence electrons. The lowest BCUT2D eigenvalue weighted by Crippen LogP contribution is -2.27. The molecule has 0 bridgehead atoms. The Labute approximate surface area is 142 Å². The van der Waals surface area contributed by atoms with Crippen molar-refractivity contribution < 1.29 is 9.53 Å². The summed E-state index contributed by atoms with van der Waals surface area (Å²) in [6.07, 6.45) is 4.15. The van der Waals surface area contributed by atoms with Gasteiger partial charge in [0.25, 0.3) is 5.91 Å². The maximum atomic E-state index is 12.2. The molecule has 0 radical (unpaired) electrons. The highest BCUT2D eigenvalue weighted by atomic mass is 16.5. The van der Waals surface area contributed by atoms with E-state index in [0.717, 1.165) is 30.1 Å². The third kappa shape index (κ3) is 5.24. The number of amides is 1. The predicted octanol–water partition coefficient (Wildman–Crippen LogP) is 2.52. The topological polar surface area (TPSA) is 66.5 Å². The molecule has 0 saturated heterocycles. The Hall–Kier alpha value is -2.60. The van der Waals surface area contributed by atoms with Gasteiger partial charge in [0, 0.05) is 12.7 Å². The molecule has 1 heterocycles. The maximum Gasteiger partial charge on any atom is 0.252 e. The van der Waals surface area contributed by atoms with Crippen LogP contribution in [0, 0.1) is 0 Å². The fraction of sp³-hybridized carbons (Fsp3) is 0.333. The normalized spacial score (nSPS) is 10.5. The summed E-state index contributed by atoms with van der Waals surface area (Å²) in [7, 11) is 5.65. The van der Waals surface area contributed by atoms with Gasteiger partial charge in [0.2, 0.25) is 0 Å². The second kappa shape index (κ2) is 8.88. The zero-order valence-electron chi connectivity index (χ0n) is 14.4. The highest BCUT2D eigenvalue weighted by Gasteiger charge is 2.08. The first-order chi connectivity index (χ1) is 11.6. The Bertz CT molecular complexity index is 674. The number of rotatable bonds is 8. The standard InChI is InChI=1S/C18H24N4O2/c1-22(2)10-6-9-20-18(23)14-11-15(13-19-12-14)21-16-7-4-5-8-17(16)24-3/h4-5,7-8,11-13,21H,6,9-10H2,1-3H3,(H,20,23). The van der Waals surface area contributed by atoms with E-state index in [4.69, 9.17) is 4.74 Å². The molecule has 6 heteroatoms. The number of hydrogen-bond acceptors (Lipinski definition) is 5. The van der Waals surface area contributed by atoms with Crippen molar-refractivity contribution in [2.45, 2.75) is 6.42 Å². The van der Waals surface area contributed by atoms with Crippen LogP contribution in [-0.2, 0) is 0 Å². The number of methoxy groups -OCH3 is 1. The molecule has 0 aliphatic carbocycles. The van der Waals surface area contributed by atoms with E-state index in [0.29, 0.717) is 12.1 Å². The van der Waals surface area contributed by atoms with Crippen LogP contribution in [0.15, 0.2) is 42.7 Å². The molecular weight excluding hydrogens is 304 g/mol. The zero-order chi connectivity index (χ0) is 17.4. The largest absolute Gasteiger partial charge is 0.495 e. The molecule has 0 unspecified atom stereocenters. The lowest BCUT2D eigenvalue weighted by Gasteiger charge is -2.12. The van der Waals surface area contributed by atoms with Gasteiger partial charge >= 0.3 is 0 Å². The van der Waals surface area contributed by atoms with Crippen molar-refractivity contribution in [1.82, 2.24) is 15.2 Å². The van der Waals surface area contributed by atoms with E-state index >= 15 is 0 Å². The van der Waals surface area contributed by atoms with Crippen LogP contribution in [0.25, 0.3) is 0 Å². The highest BCUT2D eigenvalue weighted by Crippen LogP contribution is 2.26. The SMILES string of the molecule is COc1ccccc1Nc1cncc(C(=O)NCCCN(C)C)c1. The smallest absolute Gasteiger partial charge is 0.252 e. The van der Waals surface area contributed by atoms with E-state index in [9.17, 15) is 4.79 Å². The van der Waals surface area contributed by atoms with Gasteiger partial charge in [0.15, 0.2) is 0 Å². The van der Waals surface area contributed by atoms with Crippen molar-refractivity contribution in [2.75, 3.05) is 39.6 Å². The van der Waals surface area contributed by atoms with E-state index in [1.165, 1.54) is 0 Å². The Morgan fingerprint density at radius 1 is 1.25 bits per heavy atom. The van der Waals surface area contributed by atoms with Crippen LogP contribution in [0.4, 0.5) is 11.4 Å². The van der Waals surface area contributed by atoms with E-state index in [2.05, 4.69) is 20.5 Å². The van der Waals surface area contributed by atoms with Crippen molar-refractivity contribution >= 4 is 17.3 Å². The summed E-state index contributed by atoms with van der Waals surface area (Å²) >= 11 is 0. The number of carbonyl (C=O) groups excluding carboxylic acids is 1. The third-order valence-corrected chi connectivity index (χ3v) is 3.45. The van der Waals surface area contributed by atoms with Crippen LogP contribution >= 0.6 is 0 Å². The molecule has 0 atom stereocenters. The van der Waals surface area contributed by atoms with Gasteiger partial charge in [0.05, 0.1) is 30.2 Å². The second-order valence-electron chi connectivity index (χ2n) is 5.70. The van der Waals surface area contributed by atoms with Gasteiger partial charge in [-0.15, -0.1) is 0 Å². The summed E-state index contributed by atoms with van der Waals surface area (Å²) in [4.78, 5) is 18.4. The van der Waals surface area contributed by atoms with Crippen LogP contribution in [0.3, 0.4) is 0 Å². The first kappa shape index (κ1) is 17.7. The van der Waals surface area contributed by atoms with Crippen LogP contribution in [0.2, 0.25) is 0 Å². The van der Waals surface area contributed by atoms with Crippen molar-refractivity contribution in [3.63, 3.8) is 0 Å². The molecule has 6 nitrogen and oxygen atoms in total. The third-order valence-electron chi connectivity index (χ3n) is 3.45. The molecule has 2 aromatic rings. The Balaban J connectivity index is 1.99. The lowest BCUT2D eigenvalue weighted by molar-refractivity contribution is 0.0952. The molecule has 0 aliphatic rings. The van der Waals surface area contributed by atoms with Gasteiger partial charge in [-0.3, -0.25) is 9.78 Å². The number of benzene rings is 1. The van der Waals surface area contributed by atoms with Gasteiger partial charge in [-0.1, -0.05) is 12.1 Å². The fourth-order valence-electron chi connectivity index (χ4n) is 2.24. The van der Waals surface area contributed by atoms with Gasteiger partial charge in [-0.05, 0) is 45.3 Å². The first-order valence-corrected chi connectivity index (χ1v) is 7.88. The van der Waals surface area contributed by atoms with E-state index in [1.54, 1.807) is 25.6 Å². The zero-order valence-corrected chi connectivity index (χ0v) is 14.4. The molecule has 1 aromatic carbocycles. The minimum atomic E-state index is -0.120. The fourth-order valence-corrected chi connectivity index (χ4v) is 2.24. The summed E-state index contributed by atoms with van der Waals surface area (Å²) in [5.74, 6) is 0.612. The number of hydrogen-bond donors (Lipinski definition) is 2. The Kier molecular flexibility index (Phi) is 6.57. The van der Waals surface area contributed by atoms with Crippen LogP contribution in [0.5, 0.6) is 5.75 Å². The molecule has 1 amide bonds. The second-order valence-corrected chi connectivity index (χ2v) is 5.70. The number of pyridine rings is 1. The van der Waals surface area contributed by atoms with Crippen molar-refractivity contribution in [2.24, 2.45) is 0 Å². The molecule has 0 fully saturated rings. The van der Waals surface area contributed by atoms with Crippen molar-refractivity contribution in [1.29, 1.82) is 0 Å². The van der Waals surface area contributed by atoms with E-state index in [-0.39, 0.29) is 5.91 Å². The van der Waals surface area contributed by atoms with Crippen molar-refractivity contribution in [3.05, 3.63) is 48.3 Å². The van der Waals surface area contributed by atoms with Gasteiger partial charge < -0.3 is 20.3 Å². The van der Waals surface area contributed by atoms with Crippen molar-refractivity contribution in [3.8, 4) is 5.75 Å². The van der Waals surface area contributed by atoms with E-state index in [1.807, 2.05) is 38.4 Å². The number of aromatic nitrogens is 1. The molecular formula is C18H24N4O2. The average molecular weight is 328 g/mol. The highest BCUT2D eigenvalue weighted by molar-refractivity contribution is 5.94. The molecule has 0 aliphatic heterocycles. The Morgan fingerprint density at radius 2 is 2.04 bits per heavy atom. The summed E-state index contributed by atoms with van der Waals surface area (Å²) in [5.41, 5.74) is 2.09. The molecule has 2 rings (SSSR count). The molecule has 0 spiro atoms. The minimum absolute atomic E-state index is 0.120. The van der Waals surface area contributed by atoms with Crippen LogP contribution in [-0.4, -0.2) is 50.1 Å². The quantitative estimate of drug-likeness (QED) is 0.729. The number of carbonyl (C=O) groups is 1. The van der Waals surface area contributed by atoms with Gasteiger partial charge in [-0.2, -0.15) is 0 Å². The summed E-state index contributed by atoms with van der Waals surface area (Å²) < 4.78 is 5.31. The molecule has 24 heavy (non-hydrogen) atoms. The van der Waals surface area contributed by atoms with Crippen LogP contribution < -0.4 is 15.4 Å². The molecule has 1 aromatic heterocycles. The lowest BCUT2D eigenvalue weighted by atomic mass is 10.2. The summed E-state index contributed by atoms with van der Waals surface area (Å²) in [6, 6.07) is 9.38. The monoisotopic (exact) mass is 328 g/mol. The maximum absolute atomic E-state index is 12.2. The number of ether oxygens (including phenoxy) is 1. The molecule has 2 N–H and O–H groups in total. The summed E-state index contributed by atoms with van der Waals surface area (Å²) in [5, 5.41) is 6.14. The number of nitrogens with zero attached hydrogens (tertiary/aromatic N) is 2. The average Bonchev–Trinajstić information content (AvgIpc) is 2.59. The van der Waals surface area contributed by atoms with Crippen LogP contribution in [0.1, 0.15) is 16.8 Å². The molecule has 0 saturated carbocycles. The van der Waals surface area contributed by atoms with E-state index < -0.39 is 0 Å².